The smallest absolute Gasteiger partial charge is 0.191 e. The molecule has 25 heavy (non-hydrogen) atoms. The maximum atomic E-state index is 4.71. The summed E-state index contributed by atoms with van der Waals surface area (Å²) >= 11 is 0. The molecule has 4 heteroatoms. The molecular weight excluding hydrogens is 308 g/mol. The second-order valence-electron chi connectivity index (χ2n) is 6.03. The fraction of sp³-hybridized carbons (Fsp3) is 0.286. The first kappa shape index (κ1) is 17.1. The molecule has 0 unspecified atom stereocenters. The number of aromatic amines is 1. The summed E-state index contributed by atoms with van der Waals surface area (Å²) in [6.45, 7) is 4.60. The number of guanidine groups is 1. The minimum atomic E-state index is 0.766. The molecule has 3 rings (SSSR count). The Kier molecular flexibility index (Phi) is 6.10. The predicted molar refractivity (Wildman–Crippen MR) is 106 cm³/mol. The lowest BCUT2D eigenvalue weighted by molar-refractivity contribution is 0.797. The van der Waals surface area contributed by atoms with Gasteiger partial charge in [-0.25, -0.2) is 0 Å². The van der Waals surface area contributed by atoms with E-state index in [0.717, 1.165) is 38.4 Å². The molecule has 130 valence electrons. The van der Waals surface area contributed by atoms with E-state index in [4.69, 9.17) is 4.99 Å². The molecule has 0 amide bonds. The van der Waals surface area contributed by atoms with Crippen LogP contribution in [0.1, 0.15) is 18.1 Å². The predicted octanol–water partition coefficient (Wildman–Crippen LogP) is 3.51. The highest BCUT2D eigenvalue weighted by atomic mass is 15.2. The van der Waals surface area contributed by atoms with Crippen molar-refractivity contribution in [3.05, 3.63) is 71.9 Å². The Bertz CT molecular complexity index is 805. The van der Waals surface area contributed by atoms with Crippen molar-refractivity contribution >= 4 is 16.9 Å². The van der Waals surface area contributed by atoms with Crippen LogP contribution in [0.3, 0.4) is 0 Å². The van der Waals surface area contributed by atoms with Gasteiger partial charge in [-0.15, -0.1) is 0 Å². The first-order valence-electron chi connectivity index (χ1n) is 8.98. The molecule has 0 aliphatic rings. The van der Waals surface area contributed by atoms with E-state index in [1.54, 1.807) is 0 Å². The molecule has 3 aromatic rings. The van der Waals surface area contributed by atoms with Crippen LogP contribution in [-0.2, 0) is 12.8 Å². The first-order chi connectivity index (χ1) is 12.4. The summed E-state index contributed by atoms with van der Waals surface area (Å²) in [5.74, 6) is 0.887. The van der Waals surface area contributed by atoms with Gasteiger partial charge < -0.3 is 15.6 Å². The van der Waals surface area contributed by atoms with Gasteiger partial charge in [-0.1, -0.05) is 48.5 Å². The lowest BCUT2D eigenvalue weighted by Crippen LogP contribution is -2.38. The third-order valence-electron chi connectivity index (χ3n) is 4.22. The highest BCUT2D eigenvalue weighted by molar-refractivity contribution is 5.83. The fourth-order valence-electron chi connectivity index (χ4n) is 2.94. The molecule has 1 heterocycles. The van der Waals surface area contributed by atoms with E-state index in [1.807, 2.05) is 6.07 Å². The fourth-order valence-corrected chi connectivity index (χ4v) is 2.94. The Balaban J connectivity index is 1.53. The third kappa shape index (κ3) is 4.86. The van der Waals surface area contributed by atoms with Crippen LogP contribution in [0.4, 0.5) is 0 Å². The van der Waals surface area contributed by atoms with Crippen LogP contribution in [-0.4, -0.2) is 30.6 Å². The standard InChI is InChI=1S/C21H26N4/c1-2-22-21(23-14-12-17-8-4-3-5-9-17)24-15-13-18-16-25-20-11-7-6-10-19(18)20/h3-11,16,25H,2,12-15H2,1H3,(H2,22,23,24). The molecule has 4 nitrogen and oxygen atoms in total. The zero-order chi connectivity index (χ0) is 17.3. The number of hydrogen-bond donors (Lipinski definition) is 3. The number of aliphatic imine (C=N–C) groups is 1. The molecule has 0 spiro atoms. The van der Waals surface area contributed by atoms with E-state index in [2.05, 4.69) is 77.3 Å². The van der Waals surface area contributed by atoms with Gasteiger partial charge in [0.05, 0.1) is 0 Å². The van der Waals surface area contributed by atoms with Crippen molar-refractivity contribution < 1.29 is 0 Å². The van der Waals surface area contributed by atoms with Crippen molar-refractivity contribution in [2.75, 3.05) is 19.6 Å². The van der Waals surface area contributed by atoms with E-state index in [9.17, 15) is 0 Å². The molecule has 0 atom stereocenters. The summed E-state index contributed by atoms with van der Waals surface area (Å²) < 4.78 is 0. The summed E-state index contributed by atoms with van der Waals surface area (Å²) in [6.07, 6.45) is 4.02. The van der Waals surface area contributed by atoms with Gasteiger partial charge in [-0.2, -0.15) is 0 Å². The van der Waals surface area contributed by atoms with Crippen molar-refractivity contribution in [1.29, 1.82) is 0 Å². The highest BCUT2D eigenvalue weighted by Crippen LogP contribution is 2.17. The van der Waals surface area contributed by atoms with Crippen molar-refractivity contribution in [1.82, 2.24) is 15.6 Å². The average molecular weight is 334 g/mol. The van der Waals surface area contributed by atoms with Crippen LogP contribution < -0.4 is 10.6 Å². The van der Waals surface area contributed by atoms with Gasteiger partial charge in [0, 0.05) is 36.7 Å². The molecule has 3 N–H and O–H groups in total. The van der Waals surface area contributed by atoms with Crippen LogP contribution in [0, 0.1) is 0 Å². The monoisotopic (exact) mass is 334 g/mol. The van der Waals surface area contributed by atoms with Gasteiger partial charge in [0.2, 0.25) is 0 Å². The summed E-state index contributed by atoms with van der Waals surface area (Å²) in [6, 6.07) is 18.9. The van der Waals surface area contributed by atoms with Crippen LogP contribution in [0.25, 0.3) is 10.9 Å². The molecule has 0 fully saturated rings. The number of benzene rings is 2. The molecule has 0 radical (unpaired) electrons. The number of H-pyrrole nitrogens is 1. The van der Waals surface area contributed by atoms with Crippen LogP contribution in [0.15, 0.2) is 65.8 Å². The maximum Gasteiger partial charge on any atom is 0.191 e. The number of fused-ring (bicyclic) bond motifs is 1. The largest absolute Gasteiger partial charge is 0.361 e. The SMILES string of the molecule is CCNC(=NCCc1c[nH]c2ccccc12)NCCc1ccccc1. The van der Waals surface area contributed by atoms with Crippen molar-refractivity contribution in [2.45, 2.75) is 19.8 Å². The Hall–Kier alpha value is -2.75. The van der Waals surface area contributed by atoms with E-state index in [-0.39, 0.29) is 0 Å². The number of aromatic nitrogens is 1. The van der Waals surface area contributed by atoms with Crippen molar-refractivity contribution in [2.24, 2.45) is 4.99 Å². The lowest BCUT2D eigenvalue weighted by Gasteiger charge is -2.11. The van der Waals surface area contributed by atoms with E-state index < -0.39 is 0 Å². The van der Waals surface area contributed by atoms with E-state index >= 15 is 0 Å². The summed E-state index contributed by atoms with van der Waals surface area (Å²) in [4.78, 5) is 8.03. The molecule has 0 saturated heterocycles. The normalized spacial score (nSPS) is 11.6. The molecule has 2 aromatic carbocycles. The summed E-state index contributed by atoms with van der Waals surface area (Å²) in [5.41, 5.74) is 3.85. The van der Waals surface area contributed by atoms with Crippen LogP contribution >= 0.6 is 0 Å². The topological polar surface area (TPSA) is 52.2 Å². The van der Waals surface area contributed by atoms with Crippen LogP contribution in [0.2, 0.25) is 0 Å². The Morgan fingerprint density at radius 2 is 1.76 bits per heavy atom. The highest BCUT2D eigenvalue weighted by Gasteiger charge is 2.03. The Morgan fingerprint density at radius 1 is 0.960 bits per heavy atom. The molecule has 0 saturated carbocycles. The van der Waals surface area contributed by atoms with Crippen molar-refractivity contribution in [3.63, 3.8) is 0 Å². The minimum Gasteiger partial charge on any atom is -0.361 e. The van der Waals surface area contributed by atoms with E-state index in [0.29, 0.717) is 0 Å². The average Bonchev–Trinajstić information content (AvgIpc) is 3.06. The lowest BCUT2D eigenvalue weighted by atomic mass is 10.1. The zero-order valence-electron chi connectivity index (χ0n) is 14.8. The van der Waals surface area contributed by atoms with Crippen LogP contribution in [0.5, 0.6) is 0 Å². The van der Waals surface area contributed by atoms with Gasteiger partial charge in [0.25, 0.3) is 0 Å². The number of para-hydroxylation sites is 1. The Labute approximate surface area is 149 Å². The van der Waals surface area contributed by atoms with Gasteiger partial charge in [-0.3, -0.25) is 4.99 Å². The van der Waals surface area contributed by atoms with E-state index in [1.165, 1.54) is 22.0 Å². The van der Waals surface area contributed by atoms with Crippen molar-refractivity contribution in [3.8, 4) is 0 Å². The second kappa shape index (κ2) is 8.92. The second-order valence-corrected chi connectivity index (χ2v) is 6.03. The summed E-state index contributed by atoms with van der Waals surface area (Å²) in [5, 5.41) is 8.03. The molecular formula is C21H26N4. The first-order valence-corrected chi connectivity index (χ1v) is 8.98. The minimum absolute atomic E-state index is 0.766. The maximum absolute atomic E-state index is 4.71. The molecule has 1 aromatic heterocycles. The summed E-state index contributed by atoms with van der Waals surface area (Å²) in [7, 11) is 0. The van der Waals surface area contributed by atoms with Gasteiger partial charge in [-0.05, 0) is 37.0 Å². The number of hydrogen-bond acceptors (Lipinski definition) is 1. The van der Waals surface area contributed by atoms with Gasteiger partial charge in [0.15, 0.2) is 5.96 Å². The van der Waals surface area contributed by atoms with Gasteiger partial charge in [0.1, 0.15) is 0 Å². The number of rotatable bonds is 7. The molecule has 0 bridgehead atoms. The number of nitrogens with zero attached hydrogens (tertiary/aromatic N) is 1. The zero-order valence-corrected chi connectivity index (χ0v) is 14.8. The van der Waals surface area contributed by atoms with Gasteiger partial charge >= 0.3 is 0 Å². The Morgan fingerprint density at radius 3 is 2.60 bits per heavy atom. The quantitative estimate of drug-likeness (QED) is 0.457. The number of nitrogens with one attached hydrogen (secondary N) is 3. The molecule has 0 aliphatic carbocycles. The third-order valence-corrected chi connectivity index (χ3v) is 4.22. The molecule has 0 aliphatic heterocycles.